The summed E-state index contributed by atoms with van der Waals surface area (Å²) in [6, 6.07) is 16.7. The molecule has 0 radical (unpaired) electrons. The molecular formula is C18H19ClO. The van der Waals surface area contributed by atoms with Crippen LogP contribution in [0.25, 0.3) is 0 Å². The van der Waals surface area contributed by atoms with Gasteiger partial charge in [0.15, 0.2) is 0 Å². The lowest BCUT2D eigenvalue weighted by molar-refractivity contribution is 0.291. The van der Waals surface area contributed by atoms with E-state index in [0.29, 0.717) is 0 Å². The standard InChI is InChI=1S/C18H19ClO/c1-18(2)12-20-17-9-8-14(11-15(17)18)16(19)10-13-6-4-3-5-7-13/h3-9,11,16H,10,12H2,1-2H3. The lowest BCUT2D eigenvalue weighted by Crippen LogP contribution is -2.18. The van der Waals surface area contributed by atoms with Crippen molar-refractivity contribution in [2.45, 2.75) is 31.1 Å². The Labute approximate surface area is 125 Å². The van der Waals surface area contributed by atoms with E-state index in [2.05, 4.69) is 56.3 Å². The maximum absolute atomic E-state index is 6.59. The summed E-state index contributed by atoms with van der Waals surface area (Å²) < 4.78 is 5.72. The van der Waals surface area contributed by atoms with Gasteiger partial charge in [-0.25, -0.2) is 0 Å². The van der Waals surface area contributed by atoms with E-state index in [1.165, 1.54) is 16.7 Å². The number of hydrogen-bond acceptors (Lipinski definition) is 1. The van der Waals surface area contributed by atoms with Gasteiger partial charge < -0.3 is 4.74 Å². The largest absolute Gasteiger partial charge is 0.492 e. The smallest absolute Gasteiger partial charge is 0.123 e. The van der Waals surface area contributed by atoms with Crippen LogP contribution in [0.1, 0.15) is 35.9 Å². The van der Waals surface area contributed by atoms with Crippen LogP contribution in [0.3, 0.4) is 0 Å². The van der Waals surface area contributed by atoms with Crippen LogP contribution in [0.5, 0.6) is 5.75 Å². The molecule has 3 rings (SSSR count). The molecule has 0 fully saturated rings. The molecule has 1 aliphatic heterocycles. The normalized spacial score (nSPS) is 17.4. The zero-order valence-electron chi connectivity index (χ0n) is 11.9. The lowest BCUT2D eigenvalue weighted by atomic mass is 9.85. The fourth-order valence-corrected chi connectivity index (χ4v) is 2.99. The first kappa shape index (κ1) is 13.5. The van der Waals surface area contributed by atoms with E-state index in [9.17, 15) is 0 Å². The van der Waals surface area contributed by atoms with Crippen molar-refractivity contribution in [2.75, 3.05) is 6.61 Å². The molecule has 104 valence electrons. The average Bonchev–Trinajstić information content (AvgIpc) is 2.75. The van der Waals surface area contributed by atoms with Gasteiger partial charge in [-0.15, -0.1) is 11.6 Å². The number of fused-ring (bicyclic) bond motifs is 1. The Kier molecular flexibility index (Phi) is 3.47. The van der Waals surface area contributed by atoms with Crippen molar-refractivity contribution >= 4 is 11.6 Å². The van der Waals surface area contributed by atoms with Crippen LogP contribution in [0, 0.1) is 0 Å². The molecule has 1 atom stereocenters. The summed E-state index contributed by atoms with van der Waals surface area (Å²) in [7, 11) is 0. The quantitative estimate of drug-likeness (QED) is 0.731. The zero-order valence-corrected chi connectivity index (χ0v) is 12.7. The summed E-state index contributed by atoms with van der Waals surface area (Å²) in [4.78, 5) is 0. The molecule has 0 aromatic heterocycles. The second-order valence-electron chi connectivity index (χ2n) is 6.09. The van der Waals surface area contributed by atoms with Crippen molar-refractivity contribution < 1.29 is 4.74 Å². The number of benzene rings is 2. The van der Waals surface area contributed by atoms with Crippen LogP contribution in [-0.2, 0) is 11.8 Å². The van der Waals surface area contributed by atoms with Crippen molar-refractivity contribution in [3.63, 3.8) is 0 Å². The highest BCUT2D eigenvalue weighted by atomic mass is 35.5. The van der Waals surface area contributed by atoms with Gasteiger partial charge in [0.05, 0.1) is 12.0 Å². The SMILES string of the molecule is CC1(C)COc2ccc(C(Cl)Cc3ccccc3)cc21. The van der Waals surface area contributed by atoms with Crippen LogP contribution in [-0.4, -0.2) is 6.61 Å². The predicted octanol–water partition coefficient (Wildman–Crippen LogP) is 4.88. The minimum Gasteiger partial charge on any atom is -0.492 e. The maximum atomic E-state index is 6.59. The summed E-state index contributed by atoms with van der Waals surface area (Å²) in [6.45, 7) is 5.17. The molecule has 1 aliphatic rings. The van der Waals surface area contributed by atoms with Gasteiger partial charge >= 0.3 is 0 Å². The number of rotatable bonds is 3. The van der Waals surface area contributed by atoms with E-state index < -0.39 is 0 Å². The number of ether oxygens (including phenoxy) is 1. The van der Waals surface area contributed by atoms with Gasteiger partial charge in [0.2, 0.25) is 0 Å². The molecule has 20 heavy (non-hydrogen) atoms. The first-order valence-corrected chi connectivity index (χ1v) is 7.45. The van der Waals surface area contributed by atoms with E-state index in [0.717, 1.165) is 18.8 Å². The predicted molar refractivity (Wildman–Crippen MR) is 83.7 cm³/mol. The van der Waals surface area contributed by atoms with Crippen LogP contribution in [0.15, 0.2) is 48.5 Å². The van der Waals surface area contributed by atoms with Crippen LogP contribution in [0.2, 0.25) is 0 Å². The molecule has 0 aliphatic carbocycles. The van der Waals surface area contributed by atoms with E-state index in [-0.39, 0.29) is 10.8 Å². The van der Waals surface area contributed by atoms with Gasteiger partial charge in [-0.2, -0.15) is 0 Å². The Morgan fingerprint density at radius 3 is 2.65 bits per heavy atom. The molecule has 0 saturated carbocycles. The van der Waals surface area contributed by atoms with E-state index >= 15 is 0 Å². The monoisotopic (exact) mass is 286 g/mol. The first-order chi connectivity index (χ1) is 9.56. The highest BCUT2D eigenvalue weighted by molar-refractivity contribution is 6.20. The third-order valence-corrected chi connectivity index (χ3v) is 4.35. The molecule has 0 bridgehead atoms. The summed E-state index contributed by atoms with van der Waals surface area (Å²) >= 11 is 6.59. The molecule has 1 nitrogen and oxygen atoms in total. The van der Waals surface area contributed by atoms with Gasteiger partial charge in [-0.3, -0.25) is 0 Å². The van der Waals surface area contributed by atoms with Crippen molar-refractivity contribution in [1.29, 1.82) is 0 Å². The molecule has 0 amide bonds. The third-order valence-electron chi connectivity index (χ3n) is 3.94. The fraction of sp³-hybridized carbons (Fsp3) is 0.333. The fourth-order valence-electron chi connectivity index (χ4n) is 2.67. The van der Waals surface area contributed by atoms with Crippen LogP contribution >= 0.6 is 11.6 Å². The van der Waals surface area contributed by atoms with Gasteiger partial charge in [-0.1, -0.05) is 50.2 Å². The lowest BCUT2D eigenvalue weighted by Gasteiger charge is -2.17. The van der Waals surface area contributed by atoms with Gasteiger partial charge in [0.25, 0.3) is 0 Å². The first-order valence-electron chi connectivity index (χ1n) is 7.01. The zero-order chi connectivity index (χ0) is 14.2. The summed E-state index contributed by atoms with van der Waals surface area (Å²) in [5.74, 6) is 1.00. The molecule has 0 saturated heterocycles. The Bertz CT molecular complexity index is 604. The minimum atomic E-state index is -0.000833. The number of hydrogen-bond donors (Lipinski definition) is 0. The molecule has 1 heterocycles. The van der Waals surface area contributed by atoms with Crippen molar-refractivity contribution in [2.24, 2.45) is 0 Å². The molecule has 2 aromatic rings. The van der Waals surface area contributed by atoms with Crippen molar-refractivity contribution in [1.82, 2.24) is 0 Å². The molecule has 0 N–H and O–H groups in total. The molecule has 2 heteroatoms. The summed E-state index contributed by atoms with van der Waals surface area (Å²) in [5, 5.41) is -0.000833. The molecule has 0 spiro atoms. The Morgan fingerprint density at radius 1 is 1.15 bits per heavy atom. The highest BCUT2D eigenvalue weighted by Crippen LogP contribution is 2.40. The van der Waals surface area contributed by atoms with E-state index in [4.69, 9.17) is 16.3 Å². The molecule has 2 aromatic carbocycles. The van der Waals surface area contributed by atoms with Crippen molar-refractivity contribution in [3.05, 3.63) is 65.2 Å². The van der Waals surface area contributed by atoms with E-state index in [1.807, 2.05) is 6.07 Å². The highest BCUT2D eigenvalue weighted by Gasteiger charge is 2.32. The third kappa shape index (κ3) is 2.55. The summed E-state index contributed by atoms with van der Waals surface area (Å²) in [6.07, 6.45) is 0.850. The summed E-state index contributed by atoms with van der Waals surface area (Å²) in [5.41, 5.74) is 3.79. The van der Waals surface area contributed by atoms with Crippen molar-refractivity contribution in [3.8, 4) is 5.75 Å². The topological polar surface area (TPSA) is 9.23 Å². The molecular weight excluding hydrogens is 268 g/mol. The Morgan fingerprint density at radius 2 is 1.90 bits per heavy atom. The van der Waals surface area contributed by atoms with Gasteiger partial charge in [0.1, 0.15) is 5.75 Å². The second kappa shape index (κ2) is 5.14. The van der Waals surface area contributed by atoms with E-state index in [1.54, 1.807) is 0 Å². The average molecular weight is 287 g/mol. The van der Waals surface area contributed by atoms with Crippen LogP contribution in [0.4, 0.5) is 0 Å². The maximum Gasteiger partial charge on any atom is 0.123 e. The minimum absolute atomic E-state index is 0.000833. The van der Waals surface area contributed by atoms with Gasteiger partial charge in [0, 0.05) is 11.0 Å². The second-order valence-corrected chi connectivity index (χ2v) is 6.61. The number of alkyl halides is 1. The van der Waals surface area contributed by atoms with Crippen LogP contribution < -0.4 is 4.74 Å². The number of halogens is 1. The Hall–Kier alpha value is -1.47. The van der Waals surface area contributed by atoms with Gasteiger partial charge in [-0.05, 0) is 29.7 Å². The molecule has 1 unspecified atom stereocenters. The Balaban J connectivity index is 1.85.